The highest BCUT2D eigenvalue weighted by molar-refractivity contribution is 5.95. The van der Waals surface area contributed by atoms with E-state index in [1.807, 2.05) is 42.3 Å². The molecule has 1 fully saturated rings. The van der Waals surface area contributed by atoms with E-state index in [-0.39, 0.29) is 23.8 Å². The average molecular weight is 476 g/mol. The molecule has 0 spiro atoms. The first kappa shape index (κ1) is 24.2. The van der Waals surface area contributed by atoms with Crippen molar-refractivity contribution in [2.75, 3.05) is 36.6 Å². The van der Waals surface area contributed by atoms with Crippen molar-refractivity contribution < 1.29 is 19.4 Å². The van der Waals surface area contributed by atoms with Gasteiger partial charge in [-0.15, -0.1) is 0 Å². The van der Waals surface area contributed by atoms with Gasteiger partial charge in [0.25, 0.3) is 0 Å². The molecule has 0 bridgehead atoms. The van der Waals surface area contributed by atoms with Gasteiger partial charge in [0, 0.05) is 31.0 Å². The monoisotopic (exact) mass is 475 g/mol. The van der Waals surface area contributed by atoms with E-state index in [0.717, 1.165) is 31.7 Å². The summed E-state index contributed by atoms with van der Waals surface area (Å²) in [6.07, 6.45) is 2.96. The van der Waals surface area contributed by atoms with E-state index in [1.165, 1.54) is 6.20 Å². The Kier molecular flexibility index (Phi) is 7.59. The van der Waals surface area contributed by atoms with Gasteiger partial charge in [-0.25, -0.2) is 9.78 Å². The Morgan fingerprint density at radius 1 is 1.03 bits per heavy atom. The molecule has 1 amide bonds. The molecule has 2 aromatic carbocycles. The predicted octanol–water partition coefficient (Wildman–Crippen LogP) is 4.00. The van der Waals surface area contributed by atoms with E-state index in [4.69, 9.17) is 9.84 Å². The lowest BCUT2D eigenvalue weighted by molar-refractivity contribution is -0.119. The van der Waals surface area contributed by atoms with Crippen molar-refractivity contribution in [2.45, 2.75) is 18.9 Å². The largest absolute Gasteiger partial charge is 0.752 e. The minimum atomic E-state index is -1.00. The van der Waals surface area contributed by atoms with Crippen LogP contribution in [0.2, 0.25) is 0 Å². The number of benzene rings is 2. The number of likely N-dealkylation sites (N-methyl/N-ethyl adjacent to an activating group) is 1. The second kappa shape index (κ2) is 11.0. The summed E-state index contributed by atoms with van der Waals surface area (Å²) < 4.78 is 5.73. The molecule has 0 aliphatic carbocycles. The highest BCUT2D eigenvalue weighted by Gasteiger charge is 2.25. The van der Waals surface area contributed by atoms with Gasteiger partial charge in [0.05, 0.1) is 12.1 Å². The van der Waals surface area contributed by atoms with Gasteiger partial charge in [-0.1, -0.05) is 18.2 Å². The second-order valence-electron chi connectivity index (χ2n) is 8.44. The van der Waals surface area contributed by atoms with Crippen molar-refractivity contribution in [2.24, 2.45) is 0 Å². The number of hydrogen-bond donors (Lipinski definition) is 1. The minimum absolute atomic E-state index is 0.0159. The number of para-hydroxylation sites is 1. The van der Waals surface area contributed by atoms with Gasteiger partial charge in [-0.05, 0) is 68.4 Å². The zero-order valence-electron chi connectivity index (χ0n) is 19.4. The molecule has 2 heterocycles. The summed E-state index contributed by atoms with van der Waals surface area (Å²) >= 11 is 0. The number of carboxylic acids is 1. The number of hydrogen-bond acceptors (Lipinski definition) is 7. The lowest BCUT2D eigenvalue weighted by Gasteiger charge is -2.38. The van der Waals surface area contributed by atoms with Gasteiger partial charge >= 0.3 is 5.97 Å². The number of carbonyl (C=O) groups is 2. The van der Waals surface area contributed by atoms with Crippen LogP contribution in [-0.2, 0) is 4.79 Å². The smallest absolute Gasteiger partial charge is 0.337 e. The Morgan fingerprint density at radius 2 is 1.69 bits per heavy atom. The van der Waals surface area contributed by atoms with E-state index in [9.17, 15) is 14.8 Å². The Morgan fingerprint density at radius 3 is 2.29 bits per heavy atom. The fraction of sp³-hybridized carbons (Fsp3) is 0.269. The molecule has 0 radical (unpaired) electrons. The molecule has 0 unspecified atom stereocenters. The molecule has 1 aliphatic rings. The summed E-state index contributed by atoms with van der Waals surface area (Å²) in [6.45, 7) is 1.47. The highest BCUT2D eigenvalue weighted by Crippen LogP contribution is 2.25. The Labute approximate surface area is 203 Å². The molecule has 1 N–H and O–H groups in total. The number of rotatable bonds is 8. The number of pyridine rings is 1. The van der Waals surface area contributed by atoms with Crippen LogP contribution in [0.5, 0.6) is 11.5 Å². The van der Waals surface area contributed by atoms with Gasteiger partial charge in [0.2, 0.25) is 5.91 Å². The summed E-state index contributed by atoms with van der Waals surface area (Å²) in [5, 5.41) is 22.0. The number of amides is 1. The van der Waals surface area contributed by atoms with Crippen LogP contribution in [0.15, 0.2) is 72.9 Å². The number of ether oxygens (including phenoxy) is 1. The second-order valence-corrected chi connectivity index (χ2v) is 8.44. The van der Waals surface area contributed by atoms with E-state index in [1.54, 1.807) is 36.4 Å². The first-order valence-corrected chi connectivity index (χ1v) is 11.4. The molecular formula is C26H27N4O5-. The van der Waals surface area contributed by atoms with Crippen LogP contribution in [0.25, 0.3) is 0 Å². The maximum absolute atomic E-state index is 12.6. The number of piperidine rings is 1. The number of aromatic nitrogens is 1. The molecule has 9 nitrogen and oxygen atoms in total. The van der Waals surface area contributed by atoms with E-state index >= 15 is 0 Å². The van der Waals surface area contributed by atoms with Crippen molar-refractivity contribution in [3.63, 3.8) is 0 Å². The number of anilines is 2. The maximum atomic E-state index is 12.6. The summed E-state index contributed by atoms with van der Waals surface area (Å²) in [4.78, 5) is 31.9. The van der Waals surface area contributed by atoms with Crippen molar-refractivity contribution in [3.8, 4) is 11.5 Å². The number of carboxylic acid groups (broad SMARTS) is 1. The molecule has 9 heteroatoms. The number of aromatic carboxylic acids is 1. The zero-order valence-corrected chi connectivity index (χ0v) is 19.4. The van der Waals surface area contributed by atoms with Gasteiger partial charge in [0.1, 0.15) is 17.3 Å². The van der Waals surface area contributed by atoms with Crippen LogP contribution in [0.3, 0.4) is 0 Å². The van der Waals surface area contributed by atoms with E-state index in [2.05, 4.69) is 9.88 Å². The van der Waals surface area contributed by atoms with Crippen LogP contribution in [0, 0.1) is 5.21 Å². The van der Waals surface area contributed by atoms with Gasteiger partial charge in [0.15, 0.2) is 0 Å². The van der Waals surface area contributed by atoms with Crippen LogP contribution >= 0.6 is 0 Å². The van der Waals surface area contributed by atoms with Crippen molar-refractivity contribution >= 4 is 23.4 Å². The first-order valence-electron chi connectivity index (χ1n) is 11.4. The fourth-order valence-electron chi connectivity index (χ4n) is 4.06. The number of hydroxylamine groups is 1. The lowest BCUT2D eigenvalue weighted by Crippen LogP contribution is -2.47. The Hall–Kier alpha value is -3.95. The molecule has 35 heavy (non-hydrogen) atoms. The maximum Gasteiger partial charge on any atom is 0.337 e. The third-order valence-corrected chi connectivity index (χ3v) is 6.07. The van der Waals surface area contributed by atoms with Crippen LogP contribution in [0.1, 0.15) is 23.2 Å². The topological polar surface area (TPSA) is 109 Å². The summed E-state index contributed by atoms with van der Waals surface area (Å²) in [7, 11) is 1.85. The standard InChI is InChI=1S/C26H27N4O5/c1-28(20-13-15-29(16-14-20)24-12-7-19(17-27-24)26(32)33)18-25(31)30(34)21-8-10-23(11-9-21)35-22-5-3-2-4-6-22/h2-12,17,20H,13-16,18H2,1H3,(H,32,33)/q-1. The van der Waals surface area contributed by atoms with Crippen LogP contribution in [0.4, 0.5) is 11.5 Å². The van der Waals surface area contributed by atoms with Crippen molar-refractivity contribution in [1.82, 2.24) is 9.88 Å². The predicted molar refractivity (Wildman–Crippen MR) is 133 cm³/mol. The van der Waals surface area contributed by atoms with Crippen molar-refractivity contribution in [3.05, 3.63) is 83.7 Å². The third-order valence-electron chi connectivity index (χ3n) is 6.07. The first-order chi connectivity index (χ1) is 16.9. The van der Waals surface area contributed by atoms with E-state index < -0.39 is 11.9 Å². The quantitative estimate of drug-likeness (QED) is 0.487. The third kappa shape index (κ3) is 6.14. The number of carbonyl (C=O) groups excluding carboxylic acids is 1. The molecular weight excluding hydrogens is 448 g/mol. The molecule has 1 aromatic heterocycles. The van der Waals surface area contributed by atoms with Crippen LogP contribution in [-0.4, -0.2) is 59.6 Å². The average Bonchev–Trinajstić information content (AvgIpc) is 2.89. The fourth-order valence-corrected chi connectivity index (χ4v) is 4.06. The molecule has 1 aliphatic heterocycles. The zero-order chi connectivity index (χ0) is 24.8. The van der Waals surface area contributed by atoms with Crippen LogP contribution < -0.4 is 14.7 Å². The molecule has 4 rings (SSSR count). The highest BCUT2D eigenvalue weighted by atomic mass is 16.5. The minimum Gasteiger partial charge on any atom is -0.752 e. The molecule has 1 saturated heterocycles. The summed E-state index contributed by atoms with van der Waals surface area (Å²) in [5.41, 5.74) is 0.414. The lowest BCUT2D eigenvalue weighted by atomic mass is 10.0. The van der Waals surface area contributed by atoms with Gasteiger partial charge < -0.3 is 25.0 Å². The van der Waals surface area contributed by atoms with Gasteiger partial charge in [-0.2, -0.15) is 0 Å². The van der Waals surface area contributed by atoms with Gasteiger partial charge in [-0.3, -0.25) is 9.69 Å². The molecule has 182 valence electrons. The normalized spacial score (nSPS) is 14.1. The van der Waals surface area contributed by atoms with E-state index in [0.29, 0.717) is 16.6 Å². The summed E-state index contributed by atoms with van der Waals surface area (Å²) in [5.74, 6) is 0.473. The number of nitrogens with zero attached hydrogens (tertiary/aromatic N) is 4. The van der Waals surface area contributed by atoms with Crippen molar-refractivity contribution in [1.29, 1.82) is 0 Å². The Bertz CT molecular complexity index is 1130. The SMILES string of the molecule is CN(CC(=O)N([O-])c1ccc(Oc2ccccc2)cc1)C1CCN(c2ccc(C(=O)O)cn2)CC1. The molecule has 0 saturated carbocycles. The molecule has 3 aromatic rings. The summed E-state index contributed by atoms with van der Waals surface area (Å²) in [6, 6.07) is 19.2. The molecule has 0 atom stereocenters. The Balaban J connectivity index is 1.26.